The molecule has 3 heterocycles. The van der Waals surface area contributed by atoms with Gasteiger partial charge in [0.25, 0.3) is 5.78 Å². The van der Waals surface area contributed by atoms with E-state index in [-0.39, 0.29) is 17.6 Å². The molecule has 4 rings (SSSR count). The third kappa shape index (κ3) is 5.12. The molecule has 0 fully saturated rings. The second-order valence-corrected chi connectivity index (χ2v) is 8.92. The molecular formula is C19H21N9O3S2. The van der Waals surface area contributed by atoms with E-state index in [1.807, 2.05) is 26.0 Å². The molecule has 172 valence electrons. The van der Waals surface area contributed by atoms with Gasteiger partial charge in [-0.3, -0.25) is 10.1 Å². The highest BCUT2D eigenvalue weighted by Crippen LogP contribution is 2.27. The topological polar surface area (TPSA) is 134 Å². The van der Waals surface area contributed by atoms with Crippen LogP contribution >= 0.6 is 23.1 Å². The maximum atomic E-state index is 12.3. The molecule has 1 N–H and O–H groups in total. The number of hydrogen-bond donors (Lipinski definition) is 1. The van der Waals surface area contributed by atoms with E-state index >= 15 is 0 Å². The molecule has 1 aromatic carbocycles. The Morgan fingerprint density at radius 3 is 2.76 bits per heavy atom. The fourth-order valence-electron chi connectivity index (χ4n) is 2.69. The van der Waals surface area contributed by atoms with Gasteiger partial charge in [0, 0.05) is 5.92 Å². The molecule has 0 spiro atoms. The van der Waals surface area contributed by atoms with Gasteiger partial charge in [0.2, 0.25) is 16.2 Å². The van der Waals surface area contributed by atoms with E-state index in [1.165, 1.54) is 38.6 Å². The van der Waals surface area contributed by atoms with Crippen molar-refractivity contribution in [1.29, 1.82) is 0 Å². The fraction of sp³-hybridized carbons (Fsp3) is 0.316. The van der Waals surface area contributed by atoms with E-state index in [1.54, 1.807) is 26.5 Å². The minimum Gasteiger partial charge on any atom is -0.493 e. The van der Waals surface area contributed by atoms with Crippen molar-refractivity contribution in [2.45, 2.75) is 24.9 Å². The quantitative estimate of drug-likeness (QED) is 0.279. The van der Waals surface area contributed by atoms with Crippen molar-refractivity contribution in [2.24, 2.45) is 5.10 Å². The summed E-state index contributed by atoms with van der Waals surface area (Å²) < 4.78 is 13.6. The van der Waals surface area contributed by atoms with E-state index in [0.717, 1.165) is 10.6 Å². The van der Waals surface area contributed by atoms with Crippen molar-refractivity contribution in [3.63, 3.8) is 0 Å². The van der Waals surface area contributed by atoms with Crippen LogP contribution in [0.3, 0.4) is 0 Å². The highest BCUT2D eigenvalue weighted by atomic mass is 32.2. The molecule has 4 aromatic rings. The molecule has 0 saturated heterocycles. The highest BCUT2D eigenvalue weighted by molar-refractivity contribution is 7.99. The Hall–Kier alpha value is -3.52. The Morgan fingerprint density at radius 1 is 1.21 bits per heavy atom. The number of benzene rings is 1. The number of fused-ring (bicyclic) bond motifs is 1. The molecule has 0 unspecified atom stereocenters. The van der Waals surface area contributed by atoms with Crippen molar-refractivity contribution in [2.75, 3.05) is 25.3 Å². The zero-order valence-corrected chi connectivity index (χ0v) is 19.9. The predicted octanol–water partition coefficient (Wildman–Crippen LogP) is 2.53. The highest BCUT2D eigenvalue weighted by Gasteiger charge is 2.15. The molecule has 0 aliphatic heterocycles. The number of thioether (sulfide) groups is 1. The number of amides is 1. The Morgan fingerprint density at radius 2 is 2.03 bits per heavy atom. The molecule has 0 atom stereocenters. The molecule has 0 bridgehead atoms. The van der Waals surface area contributed by atoms with E-state index in [4.69, 9.17) is 9.47 Å². The van der Waals surface area contributed by atoms with Gasteiger partial charge in [-0.15, -0.1) is 20.4 Å². The summed E-state index contributed by atoms with van der Waals surface area (Å²) >= 11 is 2.57. The molecule has 1 amide bonds. The second-order valence-electron chi connectivity index (χ2n) is 6.97. The molecule has 3 aromatic heterocycles. The average Bonchev–Trinajstić information content (AvgIpc) is 3.53. The maximum absolute atomic E-state index is 12.3. The molecule has 14 heteroatoms. The molecule has 33 heavy (non-hydrogen) atoms. The average molecular weight is 488 g/mol. The first-order chi connectivity index (χ1) is 16.0. The van der Waals surface area contributed by atoms with Crippen molar-refractivity contribution in [3.05, 3.63) is 35.1 Å². The van der Waals surface area contributed by atoms with Gasteiger partial charge in [-0.25, -0.2) is 0 Å². The van der Waals surface area contributed by atoms with Crippen LogP contribution in [0.15, 0.2) is 34.8 Å². The minimum atomic E-state index is -0.214. The summed E-state index contributed by atoms with van der Waals surface area (Å²) in [5.41, 5.74) is 0.808. The van der Waals surface area contributed by atoms with E-state index in [0.29, 0.717) is 27.6 Å². The summed E-state index contributed by atoms with van der Waals surface area (Å²) in [6.07, 6.45) is 3.16. The summed E-state index contributed by atoms with van der Waals surface area (Å²) in [7, 11) is 3.15. The monoisotopic (exact) mass is 487 g/mol. The van der Waals surface area contributed by atoms with Gasteiger partial charge in [-0.05, 0) is 23.8 Å². The number of ether oxygens (including phenoxy) is 2. The van der Waals surface area contributed by atoms with Gasteiger partial charge in [-0.2, -0.15) is 19.4 Å². The van der Waals surface area contributed by atoms with E-state index < -0.39 is 0 Å². The van der Waals surface area contributed by atoms with Gasteiger partial charge in [0.05, 0.1) is 26.2 Å². The summed E-state index contributed by atoms with van der Waals surface area (Å²) in [6, 6.07) is 5.46. The summed E-state index contributed by atoms with van der Waals surface area (Å²) in [5, 5.41) is 29.5. The Kier molecular flexibility index (Phi) is 6.84. The van der Waals surface area contributed by atoms with Crippen molar-refractivity contribution in [3.8, 4) is 11.5 Å². The largest absolute Gasteiger partial charge is 0.493 e. The lowest BCUT2D eigenvalue weighted by molar-refractivity contribution is -0.113. The van der Waals surface area contributed by atoms with Crippen LogP contribution in [0.25, 0.3) is 5.78 Å². The van der Waals surface area contributed by atoms with Crippen molar-refractivity contribution >= 4 is 46.1 Å². The number of aromatic nitrogens is 7. The Labute approximate surface area is 197 Å². The lowest BCUT2D eigenvalue weighted by atomic mass is 10.2. The van der Waals surface area contributed by atoms with Crippen LogP contribution in [0.2, 0.25) is 0 Å². The molecule has 0 saturated carbocycles. The third-order valence-corrected chi connectivity index (χ3v) is 6.39. The first-order valence-corrected chi connectivity index (χ1v) is 11.6. The number of methoxy groups -OCH3 is 2. The second kappa shape index (κ2) is 9.95. The minimum absolute atomic E-state index is 0.124. The number of carbonyl (C=O) groups excluding carboxylic acids is 1. The molecule has 0 aliphatic carbocycles. The smallest absolute Gasteiger partial charge is 0.275 e. The Bertz CT molecular complexity index is 1290. The normalized spacial score (nSPS) is 11.5. The number of rotatable bonds is 9. The van der Waals surface area contributed by atoms with Crippen LogP contribution in [0.5, 0.6) is 11.5 Å². The predicted molar refractivity (Wildman–Crippen MR) is 125 cm³/mol. The standard InChI is InChI=1S/C19H21N9O3S2/c1-11(2)16-23-24-17(33-16)22-15(29)9-32-19-26-25-18-27(10-21-28(18)19)20-8-12-5-6-13(30-3)14(7-12)31-4/h5-8,10-11H,9H2,1-4H3,(H,22,24,29). The van der Waals surface area contributed by atoms with Crippen molar-refractivity contribution < 1.29 is 14.3 Å². The number of anilines is 1. The van der Waals surface area contributed by atoms with Gasteiger partial charge in [0.1, 0.15) is 11.3 Å². The van der Waals surface area contributed by atoms with Crippen LogP contribution in [0, 0.1) is 0 Å². The van der Waals surface area contributed by atoms with Crippen LogP contribution < -0.4 is 14.8 Å². The first-order valence-electron chi connectivity index (χ1n) is 9.79. The number of carbonyl (C=O) groups is 1. The summed E-state index contributed by atoms with van der Waals surface area (Å²) in [5.74, 6) is 1.82. The zero-order chi connectivity index (χ0) is 23.4. The van der Waals surface area contributed by atoms with E-state index in [2.05, 4.69) is 35.9 Å². The SMILES string of the molecule is COc1ccc(C=Nn2cnn3c(SCC(=O)Nc4nnc(C(C)C)s4)nnc23)cc1OC. The lowest BCUT2D eigenvalue weighted by Crippen LogP contribution is -2.14. The van der Waals surface area contributed by atoms with E-state index in [9.17, 15) is 4.79 Å². The van der Waals surface area contributed by atoms with Gasteiger partial charge in [0.15, 0.2) is 11.5 Å². The third-order valence-electron chi connectivity index (χ3n) is 4.33. The summed E-state index contributed by atoms with van der Waals surface area (Å²) in [4.78, 5) is 12.3. The molecule has 12 nitrogen and oxygen atoms in total. The van der Waals surface area contributed by atoms with Crippen LogP contribution in [0.1, 0.15) is 30.3 Å². The van der Waals surface area contributed by atoms with Crippen LogP contribution in [-0.4, -0.2) is 66.8 Å². The molecule has 0 radical (unpaired) electrons. The number of nitrogens with zero attached hydrogens (tertiary/aromatic N) is 8. The molecule has 0 aliphatic rings. The molecular weight excluding hydrogens is 466 g/mol. The summed E-state index contributed by atoms with van der Waals surface area (Å²) in [6.45, 7) is 4.05. The number of nitrogens with one attached hydrogen (secondary N) is 1. The van der Waals surface area contributed by atoms with Gasteiger partial charge < -0.3 is 9.47 Å². The number of hydrogen-bond acceptors (Lipinski definition) is 11. The van der Waals surface area contributed by atoms with Gasteiger partial charge >= 0.3 is 0 Å². The van der Waals surface area contributed by atoms with Crippen molar-refractivity contribution in [1.82, 2.24) is 34.7 Å². The Balaban J connectivity index is 1.41. The fourth-order valence-corrected chi connectivity index (χ4v) is 4.14. The van der Waals surface area contributed by atoms with Crippen LogP contribution in [-0.2, 0) is 4.79 Å². The first kappa shape index (κ1) is 22.7. The van der Waals surface area contributed by atoms with Gasteiger partial charge in [-0.1, -0.05) is 36.9 Å². The maximum Gasteiger partial charge on any atom is 0.275 e. The van der Waals surface area contributed by atoms with Crippen LogP contribution in [0.4, 0.5) is 5.13 Å². The zero-order valence-electron chi connectivity index (χ0n) is 18.3. The lowest BCUT2D eigenvalue weighted by Gasteiger charge is -2.07.